The molecule has 7 nitrogen and oxygen atoms in total. The molecule has 1 atom stereocenters. The van der Waals surface area contributed by atoms with Crippen LogP contribution in [0.15, 0.2) is 63.5 Å². The minimum absolute atomic E-state index is 0.189. The second kappa shape index (κ2) is 9.87. The van der Waals surface area contributed by atoms with Gasteiger partial charge in [-0.3, -0.25) is 9.36 Å². The summed E-state index contributed by atoms with van der Waals surface area (Å²) in [6, 6.07) is 11.8. The third-order valence-electron chi connectivity index (χ3n) is 5.44. The van der Waals surface area contributed by atoms with Crippen LogP contribution in [0.2, 0.25) is 5.02 Å². The van der Waals surface area contributed by atoms with Gasteiger partial charge in [0.25, 0.3) is 5.56 Å². The Balaban J connectivity index is 2.04. The number of para-hydroxylation sites is 1. The standard InChI is InChI=1S/C25H23ClN2O5S/c1-5-33-24(30)20-14(2)27-25-28(21(20)16-10-8-12-18(31-3)22(16)32-4)23(29)19(34-25)13-15-9-6-7-11-17(15)26/h6-13,21H,5H2,1-4H3/b19-13-/t21-/m1/s1. The third kappa shape index (κ3) is 4.15. The molecule has 0 unspecified atom stereocenters. The van der Waals surface area contributed by atoms with E-state index in [1.54, 1.807) is 44.2 Å². The molecule has 0 saturated heterocycles. The largest absolute Gasteiger partial charge is 0.493 e. The molecule has 2 aromatic carbocycles. The molecule has 0 radical (unpaired) electrons. The number of rotatable bonds is 6. The molecule has 0 fully saturated rings. The third-order valence-corrected chi connectivity index (χ3v) is 6.76. The average Bonchev–Trinajstić information content (AvgIpc) is 3.13. The number of methoxy groups -OCH3 is 2. The number of esters is 1. The molecular formula is C25H23ClN2O5S. The van der Waals surface area contributed by atoms with Gasteiger partial charge in [-0.2, -0.15) is 0 Å². The SMILES string of the molecule is CCOC(=O)C1=C(C)N=c2s/c(=C\c3ccccc3Cl)c(=O)n2[C@@H]1c1cccc(OC)c1OC. The molecule has 0 bridgehead atoms. The van der Waals surface area contributed by atoms with Gasteiger partial charge in [0.05, 0.1) is 36.6 Å². The van der Waals surface area contributed by atoms with Crippen LogP contribution in [0, 0.1) is 0 Å². The van der Waals surface area contributed by atoms with Gasteiger partial charge >= 0.3 is 5.97 Å². The average molecular weight is 499 g/mol. The van der Waals surface area contributed by atoms with Gasteiger partial charge in [0.15, 0.2) is 16.3 Å². The molecule has 0 aliphatic carbocycles. The second-order valence-corrected chi connectivity index (χ2v) is 8.82. The number of ether oxygens (including phenoxy) is 3. The summed E-state index contributed by atoms with van der Waals surface area (Å²) in [5, 5.41) is 0.530. The highest BCUT2D eigenvalue weighted by Gasteiger charge is 2.35. The van der Waals surface area contributed by atoms with Crippen molar-refractivity contribution in [2.45, 2.75) is 19.9 Å². The predicted octanol–water partition coefficient (Wildman–Crippen LogP) is 3.47. The normalized spacial score (nSPS) is 15.6. The first kappa shape index (κ1) is 23.8. The molecule has 9 heteroatoms. The molecule has 0 N–H and O–H groups in total. The van der Waals surface area contributed by atoms with E-state index in [0.717, 1.165) is 0 Å². The van der Waals surface area contributed by atoms with Crippen molar-refractivity contribution < 1.29 is 19.0 Å². The van der Waals surface area contributed by atoms with Gasteiger partial charge in [-0.25, -0.2) is 9.79 Å². The van der Waals surface area contributed by atoms with Crippen LogP contribution in [0.25, 0.3) is 6.08 Å². The summed E-state index contributed by atoms with van der Waals surface area (Å²) in [4.78, 5) is 31.8. The number of carbonyl (C=O) groups excluding carboxylic acids is 1. The monoisotopic (exact) mass is 498 g/mol. The fourth-order valence-electron chi connectivity index (χ4n) is 3.95. The van der Waals surface area contributed by atoms with Crippen LogP contribution in [0.5, 0.6) is 11.5 Å². The number of halogens is 1. The first-order valence-electron chi connectivity index (χ1n) is 10.6. The smallest absolute Gasteiger partial charge is 0.338 e. The van der Waals surface area contributed by atoms with Crippen molar-refractivity contribution in [3.05, 3.63) is 89.6 Å². The first-order chi connectivity index (χ1) is 16.4. The highest BCUT2D eigenvalue weighted by Crippen LogP contribution is 2.40. The molecule has 1 aliphatic heterocycles. The Morgan fingerprint density at radius 1 is 1.18 bits per heavy atom. The van der Waals surface area contributed by atoms with E-state index in [-0.39, 0.29) is 17.7 Å². The molecule has 34 heavy (non-hydrogen) atoms. The Kier molecular flexibility index (Phi) is 6.90. The molecule has 0 saturated carbocycles. The zero-order chi connectivity index (χ0) is 24.4. The maximum absolute atomic E-state index is 13.7. The number of aromatic nitrogens is 1. The Bertz CT molecular complexity index is 1470. The van der Waals surface area contributed by atoms with Gasteiger partial charge in [0.2, 0.25) is 0 Å². The van der Waals surface area contributed by atoms with Crippen LogP contribution in [-0.4, -0.2) is 31.4 Å². The van der Waals surface area contributed by atoms with Crippen LogP contribution in [0.3, 0.4) is 0 Å². The minimum Gasteiger partial charge on any atom is -0.493 e. The van der Waals surface area contributed by atoms with Crippen molar-refractivity contribution in [2.75, 3.05) is 20.8 Å². The summed E-state index contributed by atoms with van der Waals surface area (Å²) in [5.41, 5.74) is 1.74. The second-order valence-electron chi connectivity index (χ2n) is 7.41. The van der Waals surface area contributed by atoms with Crippen LogP contribution in [0.1, 0.15) is 31.0 Å². The minimum atomic E-state index is -0.811. The number of thiazole rings is 1. The van der Waals surface area contributed by atoms with Gasteiger partial charge < -0.3 is 14.2 Å². The van der Waals surface area contributed by atoms with Gasteiger partial charge in [-0.1, -0.05) is 53.3 Å². The molecule has 2 heterocycles. The number of fused-ring (bicyclic) bond motifs is 1. The maximum atomic E-state index is 13.7. The van der Waals surface area contributed by atoms with E-state index in [9.17, 15) is 9.59 Å². The molecule has 4 rings (SSSR count). The van der Waals surface area contributed by atoms with Gasteiger partial charge in [-0.15, -0.1) is 0 Å². The van der Waals surface area contributed by atoms with Crippen LogP contribution < -0.4 is 24.4 Å². The molecular weight excluding hydrogens is 476 g/mol. The number of benzene rings is 2. The highest BCUT2D eigenvalue weighted by molar-refractivity contribution is 7.07. The van der Waals surface area contributed by atoms with Crippen molar-refractivity contribution in [1.29, 1.82) is 0 Å². The van der Waals surface area contributed by atoms with Crippen LogP contribution in [-0.2, 0) is 9.53 Å². The number of allylic oxidation sites excluding steroid dienone is 1. The van der Waals surface area contributed by atoms with Crippen molar-refractivity contribution >= 4 is 35.0 Å². The maximum Gasteiger partial charge on any atom is 0.338 e. The van der Waals surface area contributed by atoms with E-state index < -0.39 is 12.0 Å². The molecule has 0 spiro atoms. The van der Waals surface area contributed by atoms with Crippen molar-refractivity contribution in [1.82, 2.24) is 4.57 Å². The van der Waals surface area contributed by atoms with E-state index in [2.05, 4.69) is 4.99 Å². The number of carbonyl (C=O) groups is 1. The molecule has 176 valence electrons. The van der Waals surface area contributed by atoms with E-state index >= 15 is 0 Å². The van der Waals surface area contributed by atoms with Crippen molar-refractivity contribution in [2.24, 2.45) is 4.99 Å². The Morgan fingerprint density at radius 3 is 2.62 bits per heavy atom. The molecule has 3 aromatic rings. The Hall–Kier alpha value is -3.36. The fourth-order valence-corrected chi connectivity index (χ4v) is 5.17. The zero-order valence-corrected chi connectivity index (χ0v) is 20.7. The highest BCUT2D eigenvalue weighted by atomic mass is 35.5. The lowest BCUT2D eigenvalue weighted by Gasteiger charge is -2.26. The topological polar surface area (TPSA) is 79.1 Å². The Labute approximate surface area is 205 Å². The van der Waals surface area contributed by atoms with Crippen LogP contribution >= 0.6 is 22.9 Å². The number of hydrogen-bond donors (Lipinski definition) is 0. The number of hydrogen-bond acceptors (Lipinski definition) is 7. The molecule has 0 amide bonds. The zero-order valence-electron chi connectivity index (χ0n) is 19.1. The van der Waals surface area contributed by atoms with E-state index in [1.165, 1.54) is 30.1 Å². The quantitative estimate of drug-likeness (QED) is 0.486. The predicted molar refractivity (Wildman–Crippen MR) is 131 cm³/mol. The lowest BCUT2D eigenvalue weighted by atomic mass is 9.94. The number of nitrogens with zero attached hydrogens (tertiary/aromatic N) is 2. The fraction of sp³-hybridized carbons (Fsp3) is 0.240. The van der Waals surface area contributed by atoms with Crippen LogP contribution in [0.4, 0.5) is 0 Å². The van der Waals surface area contributed by atoms with Crippen molar-refractivity contribution in [3.63, 3.8) is 0 Å². The van der Waals surface area contributed by atoms with E-state index in [4.69, 9.17) is 25.8 Å². The summed E-state index contributed by atoms with van der Waals surface area (Å²) in [5.74, 6) is 0.363. The lowest BCUT2D eigenvalue weighted by molar-refractivity contribution is -0.139. The lowest BCUT2D eigenvalue weighted by Crippen LogP contribution is -2.40. The van der Waals surface area contributed by atoms with Gasteiger partial charge in [-0.05, 0) is 37.6 Å². The van der Waals surface area contributed by atoms with Gasteiger partial charge in [0, 0.05) is 10.6 Å². The molecule has 1 aromatic heterocycles. The molecule has 1 aliphatic rings. The van der Waals surface area contributed by atoms with Crippen molar-refractivity contribution in [3.8, 4) is 11.5 Å². The van der Waals surface area contributed by atoms with E-state index in [0.29, 0.717) is 42.7 Å². The summed E-state index contributed by atoms with van der Waals surface area (Å²) in [7, 11) is 3.05. The summed E-state index contributed by atoms with van der Waals surface area (Å²) in [6.45, 7) is 3.65. The Morgan fingerprint density at radius 2 is 1.94 bits per heavy atom. The summed E-state index contributed by atoms with van der Waals surface area (Å²) in [6.07, 6.45) is 1.73. The first-order valence-corrected chi connectivity index (χ1v) is 11.8. The van der Waals surface area contributed by atoms with Gasteiger partial charge in [0.1, 0.15) is 6.04 Å². The van der Waals surface area contributed by atoms with E-state index in [1.807, 2.05) is 18.2 Å². The summed E-state index contributed by atoms with van der Waals surface area (Å²) >= 11 is 7.54. The summed E-state index contributed by atoms with van der Waals surface area (Å²) < 4.78 is 18.4.